The number of phenolic OH excluding ortho intramolecular Hbond substituents is 1. The number of rotatable bonds is 5. The molecule has 0 unspecified atom stereocenters. The number of nitrogens with zero attached hydrogens (tertiary/aromatic N) is 5. The number of benzene rings is 1. The van der Waals surface area contributed by atoms with E-state index in [1.54, 1.807) is 11.9 Å². The fourth-order valence-corrected chi connectivity index (χ4v) is 10.4. The normalized spacial score (nSPS) is 27.1. The maximum atomic E-state index is 16.8. The Balaban J connectivity index is 1.30. The third-order valence-corrected chi connectivity index (χ3v) is 12.4. The van der Waals surface area contributed by atoms with Crippen LogP contribution in [0.4, 0.5) is 14.6 Å². The molecule has 1 N–H and O–H groups in total. The monoisotopic (exact) mass is 647 g/mol. The van der Waals surface area contributed by atoms with E-state index in [-0.39, 0.29) is 70.7 Å². The predicted octanol–water partition coefficient (Wildman–Crippen LogP) is 4.41. The zero-order chi connectivity index (χ0) is 30.6. The first kappa shape index (κ1) is 28.4. The lowest BCUT2D eigenvalue weighted by Crippen LogP contribution is -2.65. The Labute approximate surface area is 258 Å². The highest BCUT2D eigenvalue weighted by Gasteiger charge is 2.53. The van der Waals surface area contributed by atoms with Crippen LogP contribution in [0.1, 0.15) is 50.0 Å². The molecule has 2 atom stereocenters. The van der Waals surface area contributed by atoms with Crippen molar-refractivity contribution in [3.63, 3.8) is 0 Å². The molecule has 44 heavy (non-hydrogen) atoms. The molecule has 1 spiro atoms. The molecule has 3 aromatic rings. The van der Waals surface area contributed by atoms with Gasteiger partial charge in [0.05, 0.1) is 29.2 Å². The molecular weight excluding hydrogens is 616 g/mol. The minimum Gasteiger partial charge on any atom is -0.508 e. The summed E-state index contributed by atoms with van der Waals surface area (Å²) in [6.07, 6.45) is 3.24. The van der Waals surface area contributed by atoms with Crippen molar-refractivity contribution in [3.05, 3.63) is 28.5 Å². The van der Waals surface area contributed by atoms with Gasteiger partial charge in [0, 0.05) is 37.0 Å². The van der Waals surface area contributed by atoms with Gasteiger partial charge in [-0.05, 0) is 55.8 Å². The molecule has 0 amide bonds. The van der Waals surface area contributed by atoms with E-state index in [1.807, 2.05) is 0 Å². The SMILES string of the molecule is CN1c2nc(OC[C@@]34CCCN3C[C@H](F)C4)nc3c(F)c(-c4cc(O)cc(Cl)c4C4CC4)nc(c23)OCCC12CS(=O)(=O)C2. The van der Waals surface area contributed by atoms with E-state index in [4.69, 9.17) is 26.1 Å². The van der Waals surface area contributed by atoms with Crippen LogP contribution in [0.2, 0.25) is 5.02 Å². The first-order valence-corrected chi connectivity index (χ1v) is 17.2. The van der Waals surface area contributed by atoms with Crippen LogP contribution in [0.15, 0.2) is 12.1 Å². The second-order valence-electron chi connectivity index (χ2n) is 13.1. The molecular formula is C30H32ClF2N5O5S. The molecule has 10 nitrogen and oxygen atoms in total. The quantitative estimate of drug-likeness (QED) is 0.427. The molecule has 1 saturated carbocycles. The number of ether oxygens (including phenoxy) is 2. The van der Waals surface area contributed by atoms with Gasteiger partial charge in [-0.15, -0.1) is 0 Å². The zero-order valence-electron chi connectivity index (χ0n) is 24.2. The maximum absolute atomic E-state index is 16.8. The number of halogens is 3. The molecule has 8 rings (SSSR count). The second kappa shape index (κ2) is 9.73. The van der Waals surface area contributed by atoms with Crippen molar-refractivity contribution < 1.29 is 31.8 Å². The number of alkyl halides is 1. The first-order chi connectivity index (χ1) is 21.0. The number of anilines is 1. The standard InChI is InChI=1S/C30H32ClF2N5O5S/c1-37-26-22-25(35-28(36-26)43-13-29-5-2-7-38(29)12-17(32)11-29)23(33)24(19-9-18(39)10-20(31)21(19)16-3-4-16)34-27(22)42-8-6-30(37)14-44(40,41)15-30/h9-10,16-17,39H,2-8,11-15H2,1H3/t17-,29+/m1/s1. The summed E-state index contributed by atoms with van der Waals surface area (Å²) < 4.78 is 68.3. The van der Waals surface area contributed by atoms with Gasteiger partial charge in [0.2, 0.25) is 5.88 Å². The molecule has 2 aromatic heterocycles. The maximum Gasteiger partial charge on any atom is 0.319 e. The van der Waals surface area contributed by atoms with Gasteiger partial charge in [-0.2, -0.15) is 9.97 Å². The summed E-state index contributed by atoms with van der Waals surface area (Å²) in [6.45, 7) is 1.42. The van der Waals surface area contributed by atoms with Gasteiger partial charge in [-0.3, -0.25) is 4.90 Å². The van der Waals surface area contributed by atoms with Crippen LogP contribution in [-0.2, 0) is 9.84 Å². The molecule has 5 aliphatic rings. The summed E-state index contributed by atoms with van der Waals surface area (Å²) in [4.78, 5) is 17.7. The van der Waals surface area contributed by atoms with Gasteiger partial charge < -0.3 is 19.5 Å². The summed E-state index contributed by atoms with van der Waals surface area (Å²) in [7, 11) is -1.51. The average molecular weight is 648 g/mol. The highest BCUT2D eigenvalue weighted by atomic mass is 35.5. The van der Waals surface area contributed by atoms with Crippen LogP contribution in [0.5, 0.6) is 17.6 Å². The third kappa shape index (κ3) is 4.40. The minimum atomic E-state index is -3.25. The number of pyridine rings is 1. The average Bonchev–Trinajstić information content (AvgIpc) is 3.63. The Morgan fingerprint density at radius 2 is 2.00 bits per heavy atom. The van der Waals surface area contributed by atoms with Crippen molar-refractivity contribution in [2.75, 3.05) is 49.8 Å². The van der Waals surface area contributed by atoms with Gasteiger partial charge in [0.15, 0.2) is 15.7 Å². The van der Waals surface area contributed by atoms with E-state index in [0.29, 0.717) is 35.5 Å². The fourth-order valence-electron chi connectivity index (χ4n) is 7.77. The molecule has 0 bridgehead atoms. The number of aromatic hydroxyl groups is 1. The van der Waals surface area contributed by atoms with E-state index < -0.39 is 32.9 Å². The highest BCUT2D eigenvalue weighted by molar-refractivity contribution is 7.93. The second-order valence-corrected chi connectivity index (χ2v) is 15.5. The van der Waals surface area contributed by atoms with Gasteiger partial charge >= 0.3 is 6.01 Å². The zero-order valence-corrected chi connectivity index (χ0v) is 25.7. The summed E-state index contributed by atoms with van der Waals surface area (Å²) in [5.41, 5.74) is -0.382. The Morgan fingerprint density at radius 1 is 1.20 bits per heavy atom. The number of phenols is 1. The van der Waals surface area contributed by atoms with Crippen LogP contribution in [0.25, 0.3) is 22.2 Å². The number of hydrogen-bond donors (Lipinski definition) is 1. The number of hydrogen-bond acceptors (Lipinski definition) is 10. The smallest absolute Gasteiger partial charge is 0.319 e. The summed E-state index contributed by atoms with van der Waals surface area (Å²) in [6, 6.07) is 2.80. The Hall–Kier alpha value is -3.03. The van der Waals surface area contributed by atoms with E-state index in [0.717, 1.165) is 32.2 Å². The molecule has 1 aromatic carbocycles. The fraction of sp³-hybridized carbons (Fsp3) is 0.567. The van der Waals surface area contributed by atoms with Gasteiger partial charge in [-0.25, -0.2) is 22.2 Å². The lowest BCUT2D eigenvalue weighted by Gasteiger charge is -2.49. The Bertz CT molecular complexity index is 1810. The topological polar surface area (TPSA) is 118 Å². The Morgan fingerprint density at radius 3 is 2.75 bits per heavy atom. The summed E-state index contributed by atoms with van der Waals surface area (Å²) in [5, 5.41) is 11.0. The third-order valence-electron chi connectivity index (χ3n) is 10.1. The number of aromatic nitrogens is 3. The number of sulfone groups is 1. The largest absolute Gasteiger partial charge is 0.508 e. The minimum absolute atomic E-state index is 0.0661. The lowest BCUT2D eigenvalue weighted by atomic mass is 9.95. The molecule has 234 valence electrons. The van der Waals surface area contributed by atoms with Gasteiger partial charge in [-0.1, -0.05) is 11.6 Å². The highest BCUT2D eigenvalue weighted by Crippen LogP contribution is 2.51. The molecule has 4 aliphatic heterocycles. The van der Waals surface area contributed by atoms with Crippen LogP contribution in [0.3, 0.4) is 0 Å². The van der Waals surface area contributed by atoms with Crippen molar-refractivity contribution in [1.29, 1.82) is 0 Å². The van der Waals surface area contributed by atoms with Gasteiger partial charge in [0.1, 0.15) is 40.9 Å². The predicted molar refractivity (Wildman–Crippen MR) is 160 cm³/mol. The Kier molecular flexibility index (Phi) is 6.29. The van der Waals surface area contributed by atoms with E-state index in [2.05, 4.69) is 14.9 Å². The van der Waals surface area contributed by atoms with E-state index in [1.165, 1.54) is 12.1 Å². The van der Waals surface area contributed by atoms with Crippen molar-refractivity contribution in [2.24, 2.45) is 0 Å². The van der Waals surface area contributed by atoms with Crippen LogP contribution >= 0.6 is 11.6 Å². The van der Waals surface area contributed by atoms with E-state index >= 15 is 4.39 Å². The van der Waals surface area contributed by atoms with Crippen LogP contribution in [-0.4, -0.2) is 95.5 Å². The molecule has 14 heteroatoms. The summed E-state index contributed by atoms with van der Waals surface area (Å²) in [5.74, 6) is -0.606. The molecule has 3 saturated heterocycles. The number of fused-ring (bicyclic) bond motifs is 1. The van der Waals surface area contributed by atoms with Crippen molar-refractivity contribution in [2.45, 2.75) is 61.7 Å². The van der Waals surface area contributed by atoms with Crippen LogP contribution in [0, 0.1) is 5.82 Å². The van der Waals surface area contributed by atoms with Crippen LogP contribution < -0.4 is 14.4 Å². The first-order valence-electron chi connectivity index (χ1n) is 15.0. The molecule has 1 aliphatic carbocycles. The van der Waals surface area contributed by atoms with Crippen molar-refractivity contribution in [3.8, 4) is 28.9 Å². The molecule has 4 fully saturated rings. The lowest BCUT2D eigenvalue weighted by molar-refractivity contribution is 0.107. The molecule has 0 radical (unpaired) electrons. The van der Waals surface area contributed by atoms with Crippen molar-refractivity contribution in [1.82, 2.24) is 19.9 Å². The van der Waals surface area contributed by atoms with Crippen molar-refractivity contribution >= 4 is 38.2 Å². The molecule has 6 heterocycles. The summed E-state index contributed by atoms with van der Waals surface area (Å²) >= 11 is 6.55. The van der Waals surface area contributed by atoms with Gasteiger partial charge in [0.25, 0.3) is 0 Å². The van der Waals surface area contributed by atoms with E-state index in [9.17, 15) is 17.9 Å².